The second kappa shape index (κ2) is 5.09. The molecule has 19 heavy (non-hydrogen) atoms. The smallest absolute Gasteiger partial charge is 0.338 e. The maximum absolute atomic E-state index is 11.6. The van der Waals surface area contributed by atoms with Gasteiger partial charge in [-0.2, -0.15) is 0 Å². The molecule has 0 amide bonds. The van der Waals surface area contributed by atoms with Crippen molar-refractivity contribution in [2.75, 3.05) is 14.2 Å². The molecule has 0 radical (unpaired) electrons. The number of hydrogen-bond donors (Lipinski definition) is 0. The number of carbonyl (C=O) groups is 1. The molecule has 2 aromatic rings. The second-order valence-corrected chi connectivity index (χ2v) is 4.84. The van der Waals surface area contributed by atoms with Crippen LogP contribution in [-0.2, 0) is 11.8 Å². The predicted molar refractivity (Wildman–Crippen MR) is 72.9 cm³/mol. The number of rotatable bonds is 3. The normalized spacial score (nSPS) is 12.5. The third-order valence-electron chi connectivity index (χ3n) is 2.98. The maximum Gasteiger partial charge on any atom is 0.338 e. The van der Waals surface area contributed by atoms with Gasteiger partial charge in [-0.1, -0.05) is 0 Å². The van der Waals surface area contributed by atoms with Crippen LogP contribution in [0.1, 0.15) is 28.5 Å². The van der Waals surface area contributed by atoms with Gasteiger partial charge in [-0.15, -0.1) is 11.6 Å². The number of ether oxygens (including phenoxy) is 2. The van der Waals surface area contributed by atoms with E-state index in [2.05, 4.69) is 4.98 Å². The minimum atomic E-state index is -0.415. The first-order valence-electron chi connectivity index (χ1n) is 5.76. The first kappa shape index (κ1) is 13.7. The highest BCUT2D eigenvalue weighted by Crippen LogP contribution is 2.30. The zero-order valence-corrected chi connectivity index (χ0v) is 12.0. The number of fused-ring (bicyclic) bond motifs is 1. The SMILES string of the molecule is COC(=O)c1cc(OC)c2nc(C(C)Cl)n(C)c2c1. The molecule has 102 valence electrons. The van der Waals surface area contributed by atoms with Gasteiger partial charge in [0.1, 0.15) is 17.1 Å². The summed E-state index contributed by atoms with van der Waals surface area (Å²) in [5.74, 6) is 0.830. The van der Waals surface area contributed by atoms with Crippen LogP contribution in [0, 0.1) is 0 Å². The van der Waals surface area contributed by atoms with Crippen LogP contribution in [-0.4, -0.2) is 29.7 Å². The van der Waals surface area contributed by atoms with Gasteiger partial charge in [-0.3, -0.25) is 0 Å². The lowest BCUT2D eigenvalue weighted by Crippen LogP contribution is -2.03. The standard InChI is InChI=1S/C13H15ClN2O3/c1-7(14)12-15-11-9(16(12)2)5-8(13(17)19-4)6-10(11)18-3/h5-7H,1-4H3. The van der Waals surface area contributed by atoms with Crippen LogP contribution in [0.4, 0.5) is 0 Å². The number of esters is 1. The number of carbonyl (C=O) groups excluding carboxylic acids is 1. The van der Waals surface area contributed by atoms with E-state index in [4.69, 9.17) is 21.1 Å². The van der Waals surface area contributed by atoms with Crippen molar-refractivity contribution < 1.29 is 14.3 Å². The highest BCUT2D eigenvalue weighted by Gasteiger charge is 2.18. The van der Waals surface area contributed by atoms with Crippen molar-refractivity contribution in [1.82, 2.24) is 9.55 Å². The molecule has 0 aliphatic carbocycles. The number of imidazole rings is 1. The third kappa shape index (κ3) is 2.26. The number of methoxy groups -OCH3 is 2. The molecule has 0 saturated carbocycles. The minimum absolute atomic E-state index is 0.233. The van der Waals surface area contributed by atoms with Crippen LogP contribution in [0.15, 0.2) is 12.1 Å². The molecule has 0 spiro atoms. The van der Waals surface area contributed by atoms with Gasteiger partial charge in [0.2, 0.25) is 0 Å². The van der Waals surface area contributed by atoms with Crippen molar-refractivity contribution in [2.24, 2.45) is 7.05 Å². The summed E-state index contributed by atoms with van der Waals surface area (Å²) in [6.45, 7) is 1.84. The summed E-state index contributed by atoms with van der Waals surface area (Å²) in [6, 6.07) is 3.34. The number of aryl methyl sites for hydroxylation is 1. The Labute approximate surface area is 116 Å². The topological polar surface area (TPSA) is 53.4 Å². The van der Waals surface area contributed by atoms with Crippen LogP contribution < -0.4 is 4.74 Å². The van der Waals surface area contributed by atoms with E-state index in [1.54, 1.807) is 12.1 Å². The van der Waals surface area contributed by atoms with Crippen molar-refractivity contribution >= 4 is 28.6 Å². The molecule has 0 saturated heterocycles. The molecule has 0 aliphatic heterocycles. The summed E-state index contributed by atoms with van der Waals surface area (Å²) in [5.41, 5.74) is 1.88. The van der Waals surface area contributed by atoms with Gasteiger partial charge >= 0.3 is 5.97 Å². The Kier molecular flexibility index (Phi) is 3.66. The molecule has 1 heterocycles. The number of aromatic nitrogens is 2. The van der Waals surface area contributed by atoms with Gasteiger partial charge in [-0.25, -0.2) is 9.78 Å². The van der Waals surface area contributed by atoms with Gasteiger partial charge in [0.05, 0.1) is 30.7 Å². The van der Waals surface area contributed by atoms with Gasteiger partial charge < -0.3 is 14.0 Å². The number of benzene rings is 1. The summed E-state index contributed by atoms with van der Waals surface area (Å²) in [5, 5.41) is -0.233. The van der Waals surface area contributed by atoms with E-state index in [1.807, 2.05) is 18.5 Å². The fourth-order valence-electron chi connectivity index (χ4n) is 2.02. The second-order valence-electron chi connectivity index (χ2n) is 4.18. The van der Waals surface area contributed by atoms with E-state index in [9.17, 15) is 4.79 Å². The van der Waals surface area contributed by atoms with Crippen LogP contribution in [0.2, 0.25) is 0 Å². The molecule has 0 bridgehead atoms. The summed E-state index contributed by atoms with van der Waals surface area (Å²) in [4.78, 5) is 16.1. The van der Waals surface area contributed by atoms with Crippen LogP contribution in [0.3, 0.4) is 0 Å². The van der Waals surface area contributed by atoms with Gasteiger partial charge in [-0.05, 0) is 19.1 Å². The highest BCUT2D eigenvalue weighted by molar-refractivity contribution is 6.20. The Morgan fingerprint density at radius 2 is 2.11 bits per heavy atom. The first-order chi connectivity index (χ1) is 8.99. The molecule has 5 nitrogen and oxygen atoms in total. The van der Waals surface area contributed by atoms with E-state index >= 15 is 0 Å². The van der Waals surface area contributed by atoms with Gasteiger partial charge in [0, 0.05) is 7.05 Å². The predicted octanol–water partition coefficient (Wildman–Crippen LogP) is 2.67. The molecule has 2 rings (SSSR count). The molecule has 1 unspecified atom stereocenters. The average molecular weight is 283 g/mol. The average Bonchev–Trinajstić information content (AvgIpc) is 2.74. The molecule has 6 heteroatoms. The lowest BCUT2D eigenvalue weighted by atomic mass is 10.2. The molecule has 0 aliphatic rings. The van der Waals surface area contributed by atoms with E-state index in [0.717, 1.165) is 11.3 Å². The Morgan fingerprint density at radius 1 is 1.42 bits per heavy atom. The summed E-state index contributed by atoms with van der Waals surface area (Å²) >= 11 is 6.09. The van der Waals surface area contributed by atoms with Crippen molar-refractivity contribution in [3.05, 3.63) is 23.5 Å². The monoisotopic (exact) mass is 282 g/mol. The fourth-order valence-corrected chi connectivity index (χ4v) is 2.22. The Bertz CT molecular complexity index is 634. The molecule has 0 N–H and O–H groups in total. The van der Waals surface area contributed by atoms with Crippen LogP contribution >= 0.6 is 11.6 Å². The molecular weight excluding hydrogens is 268 g/mol. The van der Waals surface area contributed by atoms with Crippen molar-refractivity contribution in [1.29, 1.82) is 0 Å². The zero-order chi connectivity index (χ0) is 14.2. The molecule has 0 fully saturated rings. The maximum atomic E-state index is 11.6. The molecule has 1 atom stereocenters. The number of nitrogens with zero attached hydrogens (tertiary/aromatic N) is 2. The number of hydrogen-bond acceptors (Lipinski definition) is 4. The van der Waals surface area contributed by atoms with Crippen molar-refractivity contribution in [3.63, 3.8) is 0 Å². The van der Waals surface area contributed by atoms with Crippen LogP contribution in [0.5, 0.6) is 5.75 Å². The minimum Gasteiger partial charge on any atom is -0.494 e. The first-order valence-corrected chi connectivity index (χ1v) is 6.20. The van der Waals surface area contributed by atoms with Crippen molar-refractivity contribution in [3.8, 4) is 5.75 Å². The Hall–Kier alpha value is -1.75. The van der Waals surface area contributed by atoms with Crippen molar-refractivity contribution in [2.45, 2.75) is 12.3 Å². The number of halogens is 1. The summed E-state index contributed by atoms with van der Waals surface area (Å²) in [6.07, 6.45) is 0. The van der Waals surface area contributed by atoms with E-state index < -0.39 is 5.97 Å². The largest absolute Gasteiger partial charge is 0.494 e. The van der Waals surface area contributed by atoms with Gasteiger partial charge in [0.15, 0.2) is 0 Å². The highest BCUT2D eigenvalue weighted by atomic mass is 35.5. The molecule has 1 aromatic heterocycles. The summed E-state index contributed by atoms with van der Waals surface area (Å²) < 4.78 is 11.9. The molecule has 1 aromatic carbocycles. The fraction of sp³-hybridized carbons (Fsp3) is 0.385. The number of alkyl halides is 1. The quantitative estimate of drug-likeness (QED) is 0.641. The van der Waals surface area contributed by atoms with Crippen LogP contribution in [0.25, 0.3) is 11.0 Å². The third-order valence-corrected chi connectivity index (χ3v) is 3.18. The summed E-state index contributed by atoms with van der Waals surface area (Å²) in [7, 11) is 4.73. The lowest BCUT2D eigenvalue weighted by Gasteiger charge is -2.06. The van der Waals surface area contributed by atoms with Gasteiger partial charge in [0.25, 0.3) is 0 Å². The van der Waals surface area contributed by atoms with E-state index in [-0.39, 0.29) is 5.38 Å². The lowest BCUT2D eigenvalue weighted by molar-refractivity contribution is 0.0600. The Balaban J connectivity index is 2.75. The van der Waals surface area contributed by atoms with E-state index in [0.29, 0.717) is 16.8 Å². The Morgan fingerprint density at radius 3 is 2.63 bits per heavy atom. The van der Waals surface area contributed by atoms with E-state index in [1.165, 1.54) is 14.2 Å². The molecular formula is C13H15ClN2O3. The zero-order valence-electron chi connectivity index (χ0n) is 11.2.